The highest BCUT2D eigenvalue weighted by atomic mass is 31.2. The van der Waals surface area contributed by atoms with Gasteiger partial charge in [0.05, 0.1) is 0 Å². The molecule has 0 saturated heterocycles. The number of rotatable bonds is 4. The summed E-state index contributed by atoms with van der Waals surface area (Å²) in [7, 11) is -3.20. The van der Waals surface area contributed by atoms with Gasteiger partial charge in [0, 0.05) is 21.5 Å². The standard InChI is InChI=1S/C88H52P/c1-5-17-57-45-73-65(37-53(57)13-1)29-33-69-41-61-21-9-25-85(81(61)49-77(69)73)89(86-26-10-22-62-42-70-34-30-66-38-54-14-2-6-18-58(54)46-74(66)78(70)50-82(62)86,87-27-11-23-63-43-71-35-31-67-39-55-15-3-7-19-59(55)47-75(67)79(71)51-83(63)87)88-28-12-24-64-44-72-36-32-68-40-56-16-4-8-20-60(56)48-76(68)80(72)52-84(64)88/h1-52H/q+1. The van der Waals surface area contributed by atoms with Crippen LogP contribution in [0.5, 0.6) is 0 Å². The van der Waals surface area contributed by atoms with Crippen LogP contribution in [0.2, 0.25) is 0 Å². The van der Waals surface area contributed by atoms with Crippen LogP contribution in [0.3, 0.4) is 0 Å². The summed E-state index contributed by atoms with van der Waals surface area (Å²) in [4.78, 5) is 0. The SMILES string of the molecule is c1ccc2cc3c(ccc4cc5cccc([P+](c6cccc7cc8ccc9cc%10ccccc%10cc9c8cc67)(c6cccc7cc8ccc9cc%10ccccc%10cc9c8cc67)c6cccc7cc8ccc9cc%10ccccc%10cc9c8cc67)c5cc43)cc2c1. The average Bonchev–Trinajstić information content (AvgIpc) is 0.779. The third-order valence-electron chi connectivity index (χ3n) is 20.2. The van der Waals surface area contributed by atoms with E-state index in [0.29, 0.717) is 0 Å². The smallest absolute Gasteiger partial charge is 0.0616 e. The summed E-state index contributed by atoms with van der Waals surface area (Å²) >= 11 is 0. The second kappa shape index (κ2) is 18.5. The third kappa shape index (κ3) is 7.21. The lowest BCUT2D eigenvalue weighted by Gasteiger charge is -2.32. The van der Waals surface area contributed by atoms with E-state index in [1.807, 2.05) is 0 Å². The van der Waals surface area contributed by atoms with Crippen LogP contribution in [0.1, 0.15) is 0 Å². The van der Waals surface area contributed by atoms with Crippen LogP contribution < -0.4 is 21.2 Å². The summed E-state index contributed by atoms with van der Waals surface area (Å²) in [5.74, 6) is 0. The molecule has 408 valence electrons. The number of benzene rings is 20. The largest absolute Gasteiger partial charge is 0.146 e. The molecule has 0 spiro atoms. The molecule has 0 atom stereocenters. The van der Waals surface area contributed by atoms with Gasteiger partial charge < -0.3 is 0 Å². The van der Waals surface area contributed by atoms with E-state index >= 15 is 0 Å². The molecule has 0 aliphatic rings. The Morgan fingerprint density at radius 1 is 0.112 bits per heavy atom. The maximum atomic E-state index is 2.59. The van der Waals surface area contributed by atoms with Crippen molar-refractivity contribution in [1.82, 2.24) is 0 Å². The Morgan fingerprint density at radius 2 is 0.270 bits per heavy atom. The van der Waals surface area contributed by atoms with Crippen LogP contribution in [0.25, 0.3) is 172 Å². The Balaban J connectivity index is 1.01. The minimum Gasteiger partial charge on any atom is -0.0616 e. The fraction of sp³-hybridized carbons (Fsp3) is 0. The predicted octanol–water partition coefficient (Wildman–Crippen LogP) is 22.8. The van der Waals surface area contributed by atoms with Gasteiger partial charge >= 0.3 is 0 Å². The van der Waals surface area contributed by atoms with Crippen LogP contribution in [-0.4, -0.2) is 0 Å². The first-order chi connectivity index (χ1) is 44.0. The van der Waals surface area contributed by atoms with Gasteiger partial charge in [0.1, 0.15) is 28.5 Å². The van der Waals surface area contributed by atoms with Gasteiger partial charge in [-0.25, -0.2) is 0 Å². The van der Waals surface area contributed by atoms with Gasteiger partial charge in [-0.3, -0.25) is 0 Å². The zero-order valence-electron chi connectivity index (χ0n) is 48.5. The van der Waals surface area contributed by atoms with Crippen molar-refractivity contribution in [3.05, 3.63) is 315 Å². The van der Waals surface area contributed by atoms with E-state index in [-0.39, 0.29) is 0 Å². The summed E-state index contributed by atoms with van der Waals surface area (Å²) in [6.45, 7) is 0. The van der Waals surface area contributed by atoms with Crippen molar-refractivity contribution in [2.24, 2.45) is 0 Å². The second-order valence-electron chi connectivity index (χ2n) is 24.9. The van der Waals surface area contributed by atoms with Crippen molar-refractivity contribution < 1.29 is 0 Å². The fourth-order valence-electron chi connectivity index (χ4n) is 16.0. The molecule has 0 heterocycles. The second-order valence-corrected chi connectivity index (χ2v) is 28.2. The van der Waals surface area contributed by atoms with Crippen molar-refractivity contribution in [1.29, 1.82) is 0 Å². The first-order valence-corrected chi connectivity index (χ1v) is 32.8. The van der Waals surface area contributed by atoms with Crippen LogP contribution in [0, 0.1) is 0 Å². The van der Waals surface area contributed by atoms with Gasteiger partial charge in [-0.05, 0) is 272 Å². The van der Waals surface area contributed by atoms with E-state index in [2.05, 4.69) is 315 Å². The van der Waals surface area contributed by atoms with Gasteiger partial charge in [-0.1, -0.05) is 194 Å². The molecular formula is C88H52P+. The zero-order valence-corrected chi connectivity index (χ0v) is 49.4. The van der Waals surface area contributed by atoms with Crippen molar-refractivity contribution >= 4 is 201 Å². The molecule has 0 unspecified atom stereocenters. The minimum atomic E-state index is -3.20. The van der Waals surface area contributed by atoms with E-state index in [1.165, 1.54) is 194 Å². The van der Waals surface area contributed by atoms with Gasteiger partial charge in [0.2, 0.25) is 0 Å². The normalized spacial score (nSPS) is 12.5. The van der Waals surface area contributed by atoms with E-state index in [4.69, 9.17) is 0 Å². The Kier molecular flexibility index (Phi) is 10.2. The van der Waals surface area contributed by atoms with E-state index in [0.717, 1.165) is 0 Å². The maximum absolute atomic E-state index is 3.20. The number of hydrogen-bond acceptors (Lipinski definition) is 0. The Labute approximate surface area is 513 Å². The van der Waals surface area contributed by atoms with Crippen LogP contribution in [0.4, 0.5) is 0 Å². The van der Waals surface area contributed by atoms with Crippen molar-refractivity contribution in [2.45, 2.75) is 0 Å². The lowest BCUT2D eigenvalue weighted by molar-refractivity contribution is 1.77. The van der Waals surface area contributed by atoms with Crippen molar-refractivity contribution in [2.75, 3.05) is 0 Å². The van der Waals surface area contributed by atoms with E-state index in [1.54, 1.807) is 0 Å². The maximum Gasteiger partial charge on any atom is 0.146 e. The Hall–Kier alpha value is -11.0. The van der Waals surface area contributed by atoms with Gasteiger partial charge in [-0.15, -0.1) is 0 Å². The Morgan fingerprint density at radius 3 is 0.483 bits per heavy atom. The van der Waals surface area contributed by atoms with Gasteiger partial charge in [0.15, 0.2) is 0 Å². The summed E-state index contributed by atoms with van der Waals surface area (Å²) in [5, 5.41) is 45.5. The average molecular weight is 1140 g/mol. The van der Waals surface area contributed by atoms with Crippen molar-refractivity contribution in [3.63, 3.8) is 0 Å². The van der Waals surface area contributed by atoms with E-state index < -0.39 is 7.26 Å². The summed E-state index contributed by atoms with van der Waals surface area (Å²) in [6, 6.07) is 123. The highest BCUT2D eigenvalue weighted by Gasteiger charge is 2.52. The molecule has 0 bridgehead atoms. The molecule has 0 N–H and O–H groups in total. The first kappa shape index (κ1) is 49.1. The molecule has 20 aromatic rings. The Bertz CT molecular complexity index is 5750. The van der Waals surface area contributed by atoms with E-state index in [9.17, 15) is 0 Å². The highest BCUT2D eigenvalue weighted by Crippen LogP contribution is 2.60. The third-order valence-corrected chi connectivity index (χ3v) is 24.6. The summed E-state index contributed by atoms with van der Waals surface area (Å²) in [6.07, 6.45) is 0. The number of fused-ring (bicyclic) bond motifs is 20. The van der Waals surface area contributed by atoms with Crippen LogP contribution >= 0.6 is 7.26 Å². The molecule has 0 amide bonds. The van der Waals surface area contributed by atoms with Gasteiger partial charge in [-0.2, -0.15) is 0 Å². The molecule has 0 radical (unpaired) electrons. The lowest BCUT2D eigenvalue weighted by Crippen LogP contribution is -2.40. The molecule has 0 aliphatic carbocycles. The molecule has 89 heavy (non-hydrogen) atoms. The quantitative estimate of drug-likeness (QED) is 0.0936. The topological polar surface area (TPSA) is 0 Å². The number of hydrogen-bond donors (Lipinski definition) is 0. The van der Waals surface area contributed by atoms with Crippen molar-refractivity contribution in [3.8, 4) is 0 Å². The van der Waals surface area contributed by atoms with Crippen LogP contribution in [0.15, 0.2) is 315 Å². The molecule has 20 aromatic carbocycles. The minimum absolute atomic E-state index is 1.23. The highest BCUT2D eigenvalue weighted by molar-refractivity contribution is 8.02. The molecule has 0 aliphatic heterocycles. The van der Waals surface area contributed by atoms with Gasteiger partial charge in [0.25, 0.3) is 0 Å². The molecule has 20 rings (SSSR count). The molecule has 0 nitrogen and oxygen atoms in total. The predicted molar refractivity (Wildman–Crippen MR) is 391 cm³/mol. The molecule has 1 heteroatoms. The summed E-state index contributed by atoms with van der Waals surface area (Å²) in [5.41, 5.74) is 0. The van der Waals surface area contributed by atoms with Crippen LogP contribution in [-0.2, 0) is 0 Å². The molecule has 0 saturated carbocycles. The molecular weight excluding hydrogens is 1090 g/mol. The molecule has 0 fully saturated rings. The molecule has 0 aromatic heterocycles. The zero-order chi connectivity index (χ0) is 58.1. The lowest BCUT2D eigenvalue weighted by atomic mass is 9.96. The monoisotopic (exact) mass is 1140 g/mol. The fourth-order valence-corrected chi connectivity index (χ4v) is 21.0. The summed E-state index contributed by atoms with van der Waals surface area (Å²) < 4.78 is 0. The first-order valence-electron chi connectivity index (χ1n) is 31.1.